The molecule has 1 amide bonds. The van der Waals surface area contributed by atoms with Gasteiger partial charge >= 0.3 is 5.97 Å². The largest absolute Gasteiger partial charge is 0.468 e. The Morgan fingerprint density at radius 3 is 2.86 bits per heavy atom. The average molecular weight is 310 g/mol. The molecule has 1 fully saturated rings. The number of benzene rings is 1. The van der Waals surface area contributed by atoms with E-state index in [0.29, 0.717) is 13.0 Å². The van der Waals surface area contributed by atoms with Crippen LogP contribution in [0.5, 0.6) is 0 Å². The SMILES string of the molecule is COC(=O)[C@@H]1C[C@@H](O)CN1CCC(=O)Nc1ccccc1F. The zero-order valence-electron chi connectivity index (χ0n) is 12.3. The van der Waals surface area contributed by atoms with Gasteiger partial charge in [-0.1, -0.05) is 12.1 Å². The summed E-state index contributed by atoms with van der Waals surface area (Å²) in [5.74, 6) is -1.28. The van der Waals surface area contributed by atoms with Crippen LogP contribution in [-0.2, 0) is 14.3 Å². The molecular weight excluding hydrogens is 291 g/mol. The van der Waals surface area contributed by atoms with Gasteiger partial charge in [0.05, 0.1) is 18.9 Å². The predicted octanol–water partition coefficient (Wildman–Crippen LogP) is 0.762. The lowest BCUT2D eigenvalue weighted by atomic mass is 10.2. The molecule has 0 radical (unpaired) electrons. The van der Waals surface area contributed by atoms with Crippen LogP contribution >= 0.6 is 0 Å². The zero-order valence-corrected chi connectivity index (χ0v) is 12.3. The van der Waals surface area contributed by atoms with Crippen LogP contribution in [0.25, 0.3) is 0 Å². The highest BCUT2D eigenvalue weighted by Crippen LogP contribution is 2.19. The Morgan fingerprint density at radius 1 is 1.45 bits per heavy atom. The van der Waals surface area contributed by atoms with E-state index in [2.05, 4.69) is 10.1 Å². The highest BCUT2D eigenvalue weighted by atomic mass is 19.1. The maximum Gasteiger partial charge on any atom is 0.323 e. The Kier molecular flexibility index (Phi) is 5.46. The average Bonchev–Trinajstić information content (AvgIpc) is 2.88. The molecule has 0 bridgehead atoms. The summed E-state index contributed by atoms with van der Waals surface area (Å²) in [5, 5.41) is 12.1. The smallest absolute Gasteiger partial charge is 0.323 e. The van der Waals surface area contributed by atoms with Crippen molar-refractivity contribution in [2.45, 2.75) is 25.0 Å². The number of nitrogens with one attached hydrogen (secondary N) is 1. The molecule has 0 saturated carbocycles. The monoisotopic (exact) mass is 310 g/mol. The van der Waals surface area contributed by atoms with E-state index in [9.17, 15) is 19.1 Å². The molecule has 2 atom stereocenters. The summed E-state index contributed by atoms with van der Waals surface area (Å²) in [4.78, 5) is 25.2. The first-order valence-corrected chi connectivity index (χ1v) is 7.05. The number of hydrogen-bond donors (Lipinski definition) is 2. The Bertz CT molecular complexity index is 552. The van der Waals surface area contributed by atoms with Crippen LogP contribution in [0.2, 0.25) is 0 Å². The van der Waals surface area contributed by atoms with E-state index in [1.54, 1.807) is 11.0 Å². The summed E-state index contributed by atoms with van der Waals surface area (Å²) >= 11 is 0. The number of carbonyl (C=O) groups excluding carboxylic acids is 2. The lowest BCUT2D eigenvalue weighted by Gasteiger charge is -2.21. The van der Waals surface area contributed by atoms with Crippen molar-refractivity contribution in [3.05, 3.63) is 30.1 Å². The quantitative estimate of drug-likeness (QED) is 0.785. The van der Waals surface area contributed by atoms with E-state index in [0.717, 1.165) is 0 Å². The third kappa shape index (κ3) is 4.02. The molecule has 2 N–H and O–H groups in total. The highest BCUT2D eigenvalue weighted by Gasteiger charge is 2.36. The van der Waals surface area contributed by atoms with Gasteiger partial charge in [0.1, 0.15) is 11.9 Å². The minimum absolute atomic E-state index is 0.0918. The third-order valence-electron chi connectivity index (χ3n) is 3.63. The summed E-state index contributed by atoms with van der Waals surface area (Å²) in [6, 6.07) is 5.37. The van der Waals surface area contributed by atoms with Crippen molar-refractivity contribution in [1.82, 2.24) is 4.90 Å². The number of β-amino-alcohol motifs (C(OH)–C–C–N with tert-alkyl or cyclic N) is 1. The standard InChI is InChI=1S/C15H19FN2O4/c1-22-15(21)13-8-10(19)9-18(13)7-6-14(20)17-12-5-3-2-4-11(12)16/h2-5,10,13,19H,6-9H2,1H3,(H,17,20)/t10-,13+/m1/s1. The van der Waals surface area contributed by atoms with Crippen LogP contribution in [0.4, 0.5) is 10.1 Å². The minimum atomic E-state index is -0.612. The van der Waals surface area contributed by atoms with Crippen LogP contribution < -0.4 is 5.32 Å². The van der Waals surface area contributed by atoms with Gasteiger partial charge in [-0.2, -0.15) is 0 Å². The number of carbonyl (C=O) groups is 2. The number of halogens is 1. The lowest BCUT2D eigenvalue weighted by molar-refractivity contribution is -0.146. The van der Waals surface area contributed by atoms with Crippen LogP contribution in [0.15, 0.2) is 24.3 Å². The van der Waals surface area contributed by atoms with Gasteiger partial charge < -0.3 is 15.2 Å². The Morgan fingerprint density at radius 2 is 2.18 bits per heavy atom. The van der Waals surface area contributed by atoms with Gasteiger partial charge in [0.2, 0.25) is 5.91 Å². The third-order valence-corrected chi connectivity index (χ3v) is 3.63. The Hall–Kier alpha value is -1.99. The van der Waals surface area contributed by atoms with Crippen LogP contribution in [0, 0.1) is 5.82 Å². The van der Waals surface area contributed by atoms with Crippen LogP contribution in [0.3, 0.4) is 0 Å². The molecule has 22 heavy (non-hydrogen) atoms. The number of para-hydroxylation sites is 1. The molecule has 1 saturated heterocycles. The lowest BCUT2D eigenvalue weighted by Crippen LogP contribution is -2.38. The molecule has 6 nitrogen and oxygen atoms in total. The van der Waals surface area contributed by atoms with Crippen molar-refractivity contribution >= 4 is 17.6 Å². The molecule has 2 rings (SSSR count). The van der Waals surface area contributed by atoms with Gasteiger partial charge in [-0.3, -0.25) is 14.5 Å². The highest BCUT2D eigenvalue weighted by molar-refractivity contribution is 5.91. The van der Waals surface area contributed by atoms with E-state index in [-0.39, 0.29) is 24.6 Å². The minimum Gasteiger partial charge on any atom is -0.468 e. The number of amides is 1. The number of aliphatic hydroxyl groups is 1. The molecule has 0 aliphatic carbocycles. The number of ether oxygens (including phenoxy) is 1. The summed E-state index contributed by atoms with van der Waals surface area (Å²) in [5.41, 5.74) is 0.124. The molecule has 0 aromatic heterocycles. The van der Waals surface area contributed by atoms with Gasteiger partial charge in [-0.25, -0.2) is 4.39 Å². The predicted molar refractivity (Wildman–Crippen MR) is 77.6 cm³/mol. The number of likely N-dealkylation sites (tertiary alicyclic amines) is 1. The van der Waals surface area contributed by atoms with E-state index in [4.69, 9.17) is 0 Å². The summed E-state index contributed by atoms with van der Waals surface area (Å²) in [7, 11) is 1.29. The maximum atomic E-state index is 13.4. The second-order valence-electron chi connectivity index (χ2n) is 5.20. The number of nitrogens with zero attached hydrogens (tertiary/aromatic N) is 1. The van der Waals surface area contributed by atoms with E-state index >= 15 is 0 Å². The maximum absolute atomic E-state index is 13.4. The number of aliphatic hydroxyl groups excluding tert-OH is 1. The van der Waals surface area contributed by atoms with Crippen LogP contribution in [-0.4, -0.2) is 54.2 Å². The fraction of sp³-hybridized carbons (Fsp3) is 0.467. The molecule has 1 aliphatic heterocycles. The van der Waals surface area contributed by atoms with E-state index in [1.165, 1.54) is 25.3 Å². The molecule has 1 aromatic carbocycles. The van der Waals surface area contributed by atoms with Gasteiger partial charge in [-0.15, -0.1) is 0 Å². The van der Waals surface area contributed by atoms with Crippen molar-refractivity contribution in [2.24, 2.45) is 0 Å². The summed E-state index contributed by atoms with van der Waals surface area (Å²) < 4.78 is 18.1. The number of anilines is 1. The Labute approximate surface area is 127 Å². The van der Waals surface area contributed by atoms with E-state index < -0.39 is 23.9 Å². The van der Waals surface area contributed by atoms with Crippen molar-refractivity contribution in [3.63, 3.8) is 0 Å². The first-order chi connectivity index (χ1) is 10.5. The second kappa shape index (κ2) is 7.33. The van der Waals surface area contributed by atoms with Gasteiger partial charge in [-0.05, 0) is 12.1 Å². The molecular formula is C15H19FN2O4. The molecule has 1 heterocycles. The summed E-state index contributed by atoms with van der Waals surface area (Å²) in [6.45, 7) is 0.601. The zero-order chi connectivity index (χ0) is 16.1. The number of esters is 1. The van der Waals surface area contributed by atoms with Crippen molar-refractivity contribution in [2.75, 3.05) is 25.5 Å². The van der Waals surface area contributed by atoms with Gasteiger partial charge in [0.15, 0.2) is 0 Å². The van der Waals surface area contributed by atoms with E-state index in [1.807, 2.05) is 0 Å². The molecule has 120 valence electrons. The number of rotatable bonds is 5. The second-order valence-corrected chi connectivity index (χ2v) is 5.20. The normalized spacial score (nSPS) is 21.6. The topological polar surface area (TPSA) is 78.9 Å². The molecule has 0 spiro atoms. The molecule has 7 heteroatoms. The van der Waals surface area contributed by atoms with Gasteiger partial charge in [0, 0.05) is 25.9 Å². The summed E-state index contributed by atoms with van der Waals surface area (Å²) in [6.07, 6.45) is -0.227. The fourth-order valence-electron chi connectivity index (χ4n) is 2.53. The first kappa shape index (κ1) is 16.4. The van der Waals surface area contributed by atoms with Crippen molar-refractivity contribution in [1.29, 1.82) is 0 Å². The first-order valence-electron chi connectivity index (χ1n) is 7.05. The molecule has 1 aliphatic rings. The molecule has 0 unspecified atom stereocenters. The number of methoxy groups -OCH3 is 1. The van der Waals surface area contributed by atoms with Gasteiger partial charge in [0.25, 0.3) is 0 Å². The van der Waals surface area contributed by atoms with Crippen LogP contribution in [0.1, 0.15) is 12.8 Å². The van der Waals surface area contributed by atoms with Crippen molar-refractivity contribution in [3.8, 4) is 0 Å². The fourth-order valence-corrected chi connectivity index (χ4v) is 2.53. The van der Waals surface area contributed by atoms with Crippen molar-refractivity contribution < 1.29 is 23.8 Å². The number of hydrogen-bond acceptors (Lipinski definition) is 5. The molecule has 1 aromatic rings. The Balaban J connectivity index is 1.87.